The molecule has 5 nitrogen and oxygen atoms in total. The minimum absolute atomic E-state index is 0. The summed E-state index contributed by atoms with van der Waals surface area (Å²) < 4.78 is 4.24. The maximum atomic E-state index is 11.9. The minimum Gasteiger partial charge on any atom is -0.306 e. The lowest BCUT2D eigenvalue weighted by molar-refractivity contribution is -0.117. The summed E-state index contributed by atoms with van der Waals surface area (Å²) in [6.45, 7) is 0.911. The molecule has 1 atom stereocenters. The summed E-state index contributed by atoms with van der Waals surface area (Å²) >= 11 is 2.82. The highest BCUT2D eigenvalue weighted by Crippen LogP contribution is 2.23. The maximum absolute atomic E-state index is 11.9. The van der Waals surface area contributed by atoms with Crippen LogP contribution in [-0.4, -0.2) is 27.9 Å². The van der Waals surface area contributed by atoms with Crippen molar-refractivity contribution in [2.75, 3.05) is 11.9 Å². The number of carbonyl (C=O) groups is 1. The van der Waals surface area contributed by atoms with Gasteiger partial charge >= 0.3 is 0 Å². The Hall–Kier alpha value is -1.02. The number of halogens is 1. The molecule has 1 saturated heterocycles. The van der Waals surface area contributed by atoms with Crippen LogP contribution in [0.15, 0.2) is 16.8 Å². The summed E-state index contributed by atoms with van der Waals surface area (Å²) in [5.41, 5.74) is 0.996. The van der Waals surface area contributed by atoms with E-state index in [1.54, 1.807) is 11.3 Å². The van der Waals surface area contributed by atoms with Crippen LogP contribution >= 0.6 is 35.3 Å². The third kappa shape index (κ3) is 3.30. The molecule has 0 spiro atoms. The predicted molar refractivity (Wildman–Crippen MR) is 80.1 cm³/mol. The van der Waals surface area contributed by atoms with Crippen LogP contribution in [0.4, 0.5) is 5.13 Å². The molecule has 0 aliphatic carbocycles. The molecule has 0 saturated carbocycles. The quantitative estimate of drug-likeness (QED) is 0.912. The molecule has 1 aliphatic rings. The second kappa shape index (κ2) is 6.42. The smallest absolute Gasteiger partial charge is 0.243 e. The largest absolute Gasteiger partial charge is 0.306 e. The highest BCUT2D eigenvalue weighted by atomic mass is 35.5. The van der Waals surface area contributed by atoms with Crippen molar-refractivity contribution < 1.29 is 4.79 Å². The number of thiophene rings is 1. The Morgan fingerprint density at radius 1 is 1.53 bits per heavy atom. The van der Waals surface area contributed by atoms with Crippen LogP contribution in [0.2, 0.25) is 0 Å². The molecule has 3 rings (SSSR count). The fraction of sp³-hybridized carbons (Fsp3) is 0.364. The van der Waals surface area contributed by atoms with Crippen LogP contribution in [0, 0.1) is 0 Å². The molecule has 19 heavy (non-hydrogen) atoms. The standard InChI is InChI=1S/C11H12N4OS2.ClH/c16-10(8-2-1-4-12-8)14-11-13-9(15-18-11)7-3-5-17-6-7;/h3,5-6,8,12H,1-2,4H2,(H,13,14,15,16);1H. The highest BCUT2D eigenvalue weighted by Gasteiger charge is 2.22. The van der Waals surface area contributed by atoms with Gasteiger partial charge in [0.15, 0.2) is 5.82 Å². The predicted octanol–water partition coefficient (Wildman–Crippen LogP) is 2.38. The first-order valence-electron chi connectivity index (χ1n) is 5.73. The topological polar surface area (TPSA) is 66.9 Å². The van der Waals surface area contributed by atoms with Gasteiger partial charge in [0.05, 0.1) is 6.04 Å². The van der Waals surface area contributed by atoms with E-state index in [9.17, 15) is 4.79 Å². The molecule has 1 fully saturated rings. The SMILES string of the molecule is Cl.O=C(Nc1nc(-c2ccsc2)ns1)C1CCCN1. The van der Waals surface area contributed by atoms with E-state index < -0.39 is 0 Å². The van der Waals surface area contributed by atoms with Crippen LogP contribution in [0.3, 0.4) is 0 Å². The summed E-state index contributed by atoms with van der Waals surface area (Å²) in [6.07, 6.45) is 1.94. The van der Waals surface area contributed by atoms with Gasteiger partial charge in [0.25, 0.3) is 0 Å². The molecule has 0 aromatic carbocycles. The van der Waals surface area contributed by atoms with Gasteiger partial charge in [0.1, 0.15) is 0 Å². The Labute approximate surface area is 125 Å². The number of nitrogens with one attached hydrogen (secondary N) is 2. The molecule has 1 amide bonds. The number of rotatable bonds is 3. The number of aromatic nitrogens is 2. The molecule has 3 heterocycles. The average Bonchev–Trinajstić information content (AvgIpc) is 3.12. The van der Waals surface area contributed by atoms with Gasteiger partial charge < -0.3 is 5.32 Å². The van der Waals surface area contributed by atoms with Crippen molar-refractivity contribution in [1.82, 2.24) is 14.7 Å². The number of hydrogen-bond acceptors (Lipinski definition) is 6. The average molecular weight is 317 g/mol. The van der Waals surface area contributed by atoms with E-state index in [0.29, 0.717) is 11.0 Å². The third-order valence-corrected chi connectivity index (χ3v) is 4.13. The van der Waals surface area contributed by atoms with Crippen LogP contribution in [0.5, 0.6) is 0 Å². The molecule has 0 radical (unpaired) electrons. The van der Waals surface area contributed by atoms with Gasteiger partial charge in [-0.15, -0.1) is 12.4 Å². The fourth-order valence-electron chi connectivity index (χ4n) is 1.88. The zero-order valence-electron chi connectivity index (χ0n) is 9.96. The molecule has 1 aliphatic heterocycles. The monoisotopic (exact) mass is 316 g/mol. The van der Waals surface area contributed by atoms with Gasteiger partial charge in [-0.3, -0.25) is 10.1 Å². The summed E-state index contributed by atoms with van der Waals surface area (Å²) in [6, 6.07) is 1.88. The molecule has 2 aromatic rings. The van der Waals surface area contributed by atoms with E-state index in [0.717, 1.165) is 24.9 Å². The van der Waals surface area contributed by atoms with Crippen molar-refractivity contribution in [1.29, 1.82) is 0 Å². The van der Waals surface area contributed by atoms with E-state index in [-0.39, 0.29) is 24.4 Å². The lowest BCUT2D eigenvalue weighted by Crippen LogP contribution is -2.35. The van der Waals surface area contributed by atoms with Crippen molar-refractivity contribution in [2.45, 2.75) is 18.9 Å². The molecule has 0 bridgehead atoms. The summed E-state index contributed by atoms with van der Waals surface area (Å²) in [4.78, 5) is 16.2. The van der Waals surface area contributed by atoms with Crippen molar-refractivity contribution >= 4 is 46.3 Å². The zero-order chi connectivity index (χ0) is 12.4. The first-order valence-corrected chi connectivity index (χ1v) is 7.45. The van der Waals surface area contributed by atoms with E-state index >= 15 is 0 Å². The Morgan fingerprint density at radius 2 is 2.42 bits per heavy atom. The number of anilines is 1. The van der Waals surface area contributed by atoms with Gasteiger partial charge in [-0.2, -0.15) is 20.7 Å². The second-order valence-corrected chi connectivity index (χ2v) is 5.61. The van der Waals surface area contributed by atoms with Gasteiger partial charge in [-0.1, -0.05) is 0 Å². The van der Waals surface area contributed by atoms with E-state index in [1.807, 2.05) is 16.8 Å². The van der Waals surface area contributed by atoms with Crippen molar-refractivity contribution in [3.63, 3.8) is 0 Å². The second-order valence-electron chi connectivity index (χ2n) is 4.07. The van der Waals surface area contributed by atoms with Crippen LogP contribution < -0.4 is 10.6 Å². The first kappa shape index (κ1) is 14.4. The van der Waals surface area contributed by atoms with Crippen molar-refractivity contribution in [3.8, 4) is 11.4 Å². The lowest BCUT2D eigenvalue weighted by atomic mass is 10.2. The number of carbonyl (C=O) groups excluding carboxylic acids is 1. The van der Waals surface area contributed by atoms with Gasteiger partial charge in [0, 0.05) is 22.5 Å². The zero-order valence-corrected chi connectivity index (χ0v) is 12.4. The Morgan fingerprint density at radius 3 is 3.11 bits per heavy atom. The van der Waals surface area contributed by atoms with Gasteiger partial charge in [0.2, 0.25) is 11.0 Å². The Bertz CT molecular complexity index is 537. The van der Waals surface area contributed by atoms with E-state index in [1.165, 1.54) is 11.5 Å². The van der Waals surface area contributed by atoms with Crippen LogP contribution in [0.1, 0.15) is 12.8 Å². The molecular formula is C11H13ClN4OS2. The molecular weight excluding hydrogens is 304 g/mol. The van der Waals surface area contributed by atoms with Crippen LogP contribution in [0.25, 0.3) is 11.4 Å². The Kier molecular flexibility index (Phi) is 4.87. The molecule has 8 heteroatoms. The minimum atomic E-state index is -0.0847. The van der Waals surface area contributed by atoms with Gasteiger partial charge in [-0.05, 0) is 30.8 Å². The molecule has 1 unspecified atom stereocenters. The summed E-state index contributed by atoms with van der Waals surface area (Å²) in [7, 11) is 0. The fourth-order valence-corrected chi connectivity index (χ4v) is 3.11. The molecule has 102 valence electrons. The Balaban J connectivity index is 0.00000133. The van der Waals surface area contributed by atoms with E-state index in [4.69, 9.17) is 0 Å². The molecule has 2 aromatic heterocycles. The number of amides is 1. The number of nitrogens with zero attached hydrogens (tertiary/aromatic N) is 2. The highest BCUT2D eigenvalue weighted by molar-refractivity contribution is 7.10. The van der Waals surface area contributed by atoms with E-state index in [2.05, 4.69) is 20.0 Å². The summed E-state index contributed by atoms with van der Waals surface area (Å²) in [5.74, 6) is 0.663. The maximum Gasteiger partial charge on any atom is 0.243 e. The van der Waals surface area contributed by atoms with Crippen molar-refractivity contribution in [2.24, 2.45) is 0 Å². The normalized spacial score (nSPS) is 18.0. The van der Waals surface area contributed by atoms with Gasteiger partial charge in [-0.25, -0.2) is 0 Å². The lowest BCUT2D eigenvalue weighted by Gasteiger charge is -2.07. The number of hydrogen-bond donors (Lipinski definition) is 2. The third-order valence-electron chi connectivity index (χ3n) is 2.81. The van der Waals surface area contributed by atoms with Crippen LogP contribution in [-0.2, 0) is 4.79 Å². The first-order chi connectivity index (χ1) is 8.83. The summed E-state index contributed by atoms with van der Waals surface area (Å²) in [5, 5.41) is 10.5. The van der Waals surface area contributed by atoms with Crippen molar-refractivity contribution in [3.05, 3.63) is 16.8 Å². The molecule has 2 N–H and O–H groups in total.